The van der Waals surface area contributed by atoms with Crippen LogP contribution in [0.1, 0.15) is 39.7 Å². The number of hydrogen-bond acceptors (Lipinski definition) is 8. The van der Waals surface area contributed by atoms with Crippen molar-refractivity contribution < 1.29 is 24.2 Å². The lowest BCUT2D eigenvalue weighted by Crippen LogP contribution is -2.13. The molecule has 202 valence electrons. The average Bonchev–Trinajstić information content (AvgIpc) is 3.55. The van der Waals surface area contributed by atoms with Gasteiger partial charge in [-0.3, -0.25) is 14.2 Å². The van der Waals surface area contributed by atoms with Gasteiger partial charge in [0.15, 0.2) is 0 Å². The van der Waals surface area contributed by atoms with Gasteiger partial charge < -0.3 is 19.1 Å². The molecule has 0 saturated carbocycles. The van der Waals surface area contributed by atoms with E-state index >= 15 is 0 Å². The molecule has 0 spiro atoms. The first-order valence-electron chi connectivity index (χ1n) is 11.9. The lowest BCUT2D eigenvalue weighted by molar-refractivity contribution is -0.140. The van der Waals surface area contributed by atoms with Crippen LogP contribution in [0, 0.1) is 6.92 Å². The third-order valence-corrected chi connectivity index (χ3v) is 7.82. The molecule has 0 saturated heterocycles. The van der Waals surface area contributed by atoms with Crippen LogP contribution >= 0.6 is 23.4 Å². The molecule has 0 fully saturated rings. The predicted octanol–water partition coefficient (Wildman–Crippen LogP) is 4.01. The number of rotatable bonds is 10. The van der Waals surface area contributed by atoms with E-state index in [1.165, 1.54) is 14.2 Å². The third-order valence-electron chi connectivity index (χ3n) is 6.53. The lowest BCUT2D eigenvalue weighted by atomic mass is 9.99. The van der Waals surface area contributed by atoms with E-state index in [1.54, 1.807) is 33.1 Å². The summed E-state index contributed by atoms with van der Waals surface area (Å²) in [6, 6.07) is 7.28. The molecule has 10 nitrogen and oxygen atoms in total. The third kappa shape index (κ3) is 5.31. The van der Waals surface area contributed by atoms with Crippen molar-refractivity contribution in [3.63, 3.8) is 0 Å². The fraction of sp³-hybridized carbons (Fsp3) is 0.385. The normalized spacial score (nSPS) is 11.3. The second kappa shape index (κ2) is 11.6. The quantitative estimate of drug-likeness (QED) is 0.290. The van der Waals surface area contributed by atoms with Gasteiger partial charge in [0.2, 0.25) is 0 Å². The van der Waals surface area contributed by atoms with Crippen molar-refractivity contribution in [1.82, 2.24) is 24.1 Å². The number of methoxy groups -OCH3 is 2. The Hall–Kier alpha value is -3.28. The molecular weight excluding hydrogens is 530 g/mol. The zero-order valence-corrected chi connectivity index (χ0v) is 23.5. The topological polar surface area (TPSA) is 113 Å². The second-order valence-electron chi connectivity index (χ2n) is 8.79. The number of fused-ring (bicyclic) bond motifs is 1. The molecule has 3 heterocycles. The van der Waals surface area contributed by atoms with Gasteiger partial charge in [-0.25, -0.2) is 4.79 Å². The maximum Gasteiger partial charge on any atom is 0.354 e. The highest BCUT2D eigenvalue weighted by molar-refractivity contribution is 7.97. The van der Waals surface area contributed by atoms with Gasteiger partial charge >= 0.3 is 11.9 Å². The van der Waals surface area contributed by atoms with E-state index in [1.807, 2.05) is 37.8 Å². The molecule has 0 bridgehead atoms. The largest absolute Gasteiger partial charge is 0.469 e. The van der Waals surface area contributed by atoms with Gasteiger partial charge in [0.25, 0.3) is 0 Å². The average molecular weight is 560 g/mol. The molecule has 0 aliphatic heterocycles. The minimum atomic E-state index is -0.510. The van der Waals surface area contributed by atoms with Crippen LogP contribution in [0.15, 0.2) is 24.3 Å². The van der Waals surface area contributed by atoms with E-state index in [2.05, 4.69) is 5.10 Å². The molecule has 0 aliphatic carbocycles. The fourth-order valence-corrected chi connectivity index (χ4v) is 5.63. The Kier molecular flexibility index (Phi) is 8.49. The highest BCUT2D eigenvalue weighted by atomic mass is 35.5. The lowest BCUT2D eigenvalue weighted by Gasteiger charge is -2.11. The summed E-state index contributed by atoms with van der Waals surface area (Å²) in [6.45, 7) is 2.16. The molecule has 3 aromatic heterocycles. The van der Waals surface area contributed by atoms with Crippen LogP contribution < -0.4 is 0 Å². The summed E-state index contributed by atoms with van der Waals surface area (Å²) < 4.78 is 15.1. The summed E-state index contributed by atoms with van der Waals surface area (Å²) in [6.07, 6.45) is 0.0988. The van der Waals surface area contributed by atoms with Crippen molar-refractivity contribution in [2.75, 3.05) is 14.2 Å². The SMILES string of the molecule is COC(=O)CCn1c(C(=O)OC)cc2c(-c3c(CSCc4cc(CO)n(C)n4)nn(C)c3C)c(Cl)ccc21. The van der Waals surface area contributed by atoms with Crippen LogP contribution in [0.5, 0.6) is 0 Å². The Morgan fingerprint density at radius 1 is 1.05 bits per heavy atom. The zero-order valence-electron chi connectivity index (χ0n) is 21.9. The maximum atomic E-state index is 12.7. The number of ether oxygens (including phenoxy) is 2. The molecule has 4 rings (SSSR count). The van der Waals surface area contributed by atoms with E-state index in [0.29, 0.717) is 22.2 Å². The number of aromatic nitrogens is 5. The number of esters is 2. The minimum Gasteiger partial charge on any atom is -0.469 e. The molecule has 12 heteroatoms. The van der Waals surface area contributed by atoms with E-state index in [0.717, 1.165) is 44.8 Å². The second-order valence-corrected chi connectivity index (χ2v) is 10.2. The molecule has 1 aromatic carbocycles. The van der Waals surface area contributed by atoms with Crippen LogP contribution in [0.3, 0.4) is 0 Å². The number of nitrogens with zero attached hydrogens (tertiary/aromatic N) is 5. The zero-order chi connectivity index (χ0) is 27.6. The van der Waals surface area contributed by atoms with Crippen molar-refractivity contribution in [2.24, 2.45) is 14.1 Å². The number of benzene rings is 1. The molecule has 38 heavy (non-hydrogen) atoms. The Morgan fingerprint density at radius 3 is 2.47 bits per heavy atom. The van der Waals surface area contributed by atoms with Gasteiger partial charge in [0, 0.05) is 64.9 Å². The number of aryl methyl sites for hydroxylation is 3. The Labute approximate surface area is 229 Å². The van der Waals surface area contributed by atoms with Gasteiger partial charge in [-0.05, 0) is 31.2 Å². The summed E-state index contributed by atoms with van der Waals surface area (Å²) >= 11 is 8.46. The number of aliphatic hydroxyl groups is 1. The molecule has 0 radical (unpaired) electrons. The van der Waals surface area contributed by atoms with E-state index < -0.39 is 5.97 Å². The molecule has 0 aliphatic rings. The first-order valence-corrected chi connectivity index (χ1v) is 13.4. The van der Waals surface area contributed by atoms with Crippen LogP contribution in [0.4, 0.5) is 0 Å². The number of carbonyl (C=O) groups is 2. The van der Waals surface area contributed by atoms with Crippen LogP contribution in [-0.2, 0) is 53.0 Å². The highest BCUT2D eigenvalue weighted by Gasteiger charge is 2.25. The summed E-state index contributed by atoms with van der Waals surface area (Å²) in [4.78, 5) is 24.5. The van der Waals surface area contributed by atoms with Crippen LogP contribution in [-0.4, -0.2) is 55.4 Å². The van der Waals surface area contributed by atoms with Crippen molar-refractivity contribution >= 4 is 46.2 Å². The summed E-state index contributed by atoms with van der Waals surface area (Å²) in [5, 5.41) is 20.0. The van der Waals surface area contributed by atoms with Crippen molar-refractivity contribution in [3.05, 3.63) is 57.8 Å². The molecular formula is C26H30ClN5O5S. The van der Waals surface area contributed by atoms with Gasteiger partial charge in [-0.15, -0.1) is 11.8 Å². The van der Waals surface area contributed by atoms with E-state index in [-0.39, 0.29) is 25.5 Å². The van der Waals surface area contributed by atoms with Gasteiger partial charge in [-0.2, -0.15) is 10.2 Å². The van der Waals surface area contributed by atoms with Crippen molar-refractivity contribution in [1.29, 1.82) is 0 Å². The van der Waals surface area contributed by atoms with Gasteiger partial charge in [0.05, 0.1) is 44.3 Å². The minimum absolute atomic E-state index is 0.0624. The van der Waals surface area contributed by atoms with Crippen molar-refractivity contribution in [2.45, 2.75) is 38.0 Å². The van der Waals surface area contributed by atoms with Gasteiger partial charge in [-0.1, -0.05) is 11.6 Å². The van der Waals surface area contributed by atoms with Crippen molar-refractivity contribution in [3.8, 4) is 11.1 Å². The predicted molar refractivity (Wildman–Crippen MR) is 146 cm³/mol. The maximum absolute atomic E-state index is 12.7. The monoisotopic (exact) mass is 559 g/mol. The summed E-state index contributed by atoms with van der Waals surface area (Å²) in [5.41, 5.74) is 6.15. The molecule has 0 amide bonds. The fourth-order valence-electron chi connectivity index (χ4n) is 4.53. The van der Waals surface area contributed by atoms with E-state index in [4.69, 9.17) is 26.2 Å². The highest BCUT2D eigenvalue weighted by Crippen LogP contribution is 2.41. The first-order chi connectivity index (χ1) is 18.2. The van der Waals surface area contributed by atoms with Crippen LogP contribution in [0.25, 0.3) is 22.0 Å². The Morgan fingerprint density at radius 2 is 1.82 bits per heavy atom. The standard InChI is InChI=1S/C26H30ClN5O5S/c1-15-24(20(29-30(15)2)14-38-13-16-10-17(12-33)31(3)28-16)25-18-11-22(26(35)37-5)32(9-8-23(34)36-4)21(18)7-6-19(25)27/h6-7,10-11,33H,8-9,12-14H2,1-5H3. The van der Waals surface area contributed by atoms with E-state index in [9.17, 15) is 14.7 Å². The Balaban J connectivity index is 1.76. The number of thioether (sulfide) groups is 1. The number of carbonyl (C=O) groups excluding carboxylic acids is 2. The summed E-state index contributed by atoms with van der Waals surface area (Å²) in [5.74, 6) is 0.363. The Bertz CT molecular complexity index is 1510. The number of hydrogen-bond donors (Lipinski definition) is 1. The smallest absolute Gasteiger partial charge is 0.354 e. The molecule has 4 aromatic rings. The molecule has 0 atom stereocenters. The molecule has 1 N–H and O–H groups in total. The number of aliphatic hydroxyl groups excluding tert-OH is 1. The summed E-state index contributed by atoms with van der Waals surface area (Å²) in [7, 11) is 6.35. The first kappa shape index (κ1) is 27.7. The number of halogens is 1. The van der Waals surface area contributed by atoms with Gasteiger partial charge in [0.1, 0.15) is 5.69 Å². The van der Waals surface area contributed by atoms with Crippen LogP contribution in [0.2, 0.25) is 5.02 Å². The molecule has 0 unspecified atom stereocenters.